The summed E-state index contributed by atoms with van der Waals surface area (Å²) in [6.07, 6.45) is -7.83. The molecule has 4 aliphatic rings. The Kier molecular flexibility index (Phi) is 10.7. The van der Waals surface area contributed by atoms with Crippen LogP contribution in [0.3, 0.4) is 0 Å². The summed E-state index contributed by atoms with van der Waals surface area (Å²) in [5.41, 5.74) is -5.82. The molecular formula is C34H46O15. The van der Waals surface area contributed by atoms with Gasteiger partial charge in [0.15, 0.2) is 30.0 Å². The van der Waals surface area contributed by atoms with Gasteiger partial charge in [-0.3, -0.25) is 28.8 Å². The molecule has 0 amide bonds. The number of rotatable bonds is 8. The fourth-order valence-electron chi connectivity index (χ4n) is 7.80. The van der Waals surface area contributed by atoms with Gasteiger partial charge in [0.2, 0.25) is 0 Å². The summed E-state index contributed by atoms with van der Waals surface area (Å²) in [6.45, 7) is 14.8. The second-order valence-corrected chi connectivity index (χ2v) is 13.8. The van der Waals surface area contributed by atoms with E-state index < -0.39 is 107 Å². The van der Waals surface area contributed by atoms with Crippen molar-refractivity contribution >= 4 is 35.8 Å². The van der Waals surface area contributed by atoms with Gasteiger partial charge in [-0.2, -0.15) is 0 Å². The highest BCUT2D eigenvalue weighted by atomic mass is 16.7. The molecule has 2 aliphatic carbocycles. The second-order valence-electron chi connectivity index (χ2n) is 13.8. The molecule has 2 aliphatic heterocycles. The maximum absolute atomic E-state index is 13.6. The predicted octanol–water partition coefficient (Wildman–Crippen LogP) is 1.51. The molecule has 0 radical (unpaired) electrons. The van der Waals surface area contributed by atoms with E-state index in [0.717, 1.165) is 27.7 Å². The Morgan fingerprint density at radius 2 is 1.49 bits per heavy atom. The standard InChI is InChI=1S/C34H46O15/c1-15(2)13-23(39)48-27-25(45-19(6)36)28(46-20(7)37)33(14-43-33)26-30(47-21(8)38)34(41)17(4)31(40)49-29(34)24(42-10)16(3)11-12-22(32(26,27)9)44-18(5)35/h11-12,15,17,22,24-30,41H,3,13-14H2,1-2,4-10H3/b12-11-/t17?,22-,24+,25+,26+,27-,28+,29-,30-,32+,33-,34-/m0/s1. The maximum atomic E-state index is 13.6. The van der Waals surface area contributed by atoms with Gasteiger partial charge in [0.25, 0.3) is 0 Å². The minimum atomic E-state index is -2.41. The zero-order valence-electron chi connectivity index (χ0n) is 29.2. The van der Waals surface area contributed by atoms with Crippen molar-refractivity contribution in [3.8, 4) is 0 Å². The van der Waals surface area contributed by atoms with Crippen molar-refractivity contribution in [3.63, 3.8) is 0 Å². The van der Waals surface area contributed by atoms with Crippen LogP contribution in [0.15, 0.2) is 24.3 Å². The van der Waals surface area contributed by atoms with Gasteiger partial charge >= 0.3 is 35.8 Å². The van der Waals surface area contributed by atoms with Crippen molar-refractivity contribution in [2.75, 3.05) is 13.7 Å². The van der Waals surface area contributed by atoms with E-state index >= 15 is 0 Å². The average molecular weight is 695 g/mol. The van der Waals surface area contributed by atoms with Crippen LogP contribution in [-0.2, 0) is 66.7 Å². The van der Waals surface area contributed by atoms with Crippen LogP contribution in [0, 0.1) is 23.2 Å². The van der Waals surface area contributed by atoms with Gasteiger partial charge < -0.3 is 43.0 Å². The summed E-state index contributed by atoms with van der Waals surface area (Å²) in [7, 11) is 1.30. The third-order valence-electron chi connectivity index (χ3n) is 9.88. The summed E-state index contributed by atoms with van der Waals surface area (Å²) in [6, 6.07) is 0. The fourth-order valence-corrected chi connectivity index (χ4v) is 7.80. The smallest absolute Gasteiger partial charge is 0.312 e. The van der Waals surface area contributed by atoms with Crippen LogP contribution in [-0.4, -0.2) is 109 Å². The SMILES string of the molecule is C=C1/C=C\[C@H](OC(C)=O)[C@@]2(C)[C@@H](OC(=O)CC(C)C)[C@@H](OC(C)=O)[C@@H](OC(C)=O)[C@]3(CO3)[C@@H]2[C@H](OC(C)=O)[C@]2(O)C(C)C(=O)O[C@H]2[C@@H]1OC. The van der Waals surface area contributed by atoms with Crippen molar-refractivity contribution < 1.29 is 71.8 Å². The number of ether oxygens (including phenoxy) is 8. The van der Waals surface area contributed by atoms with Crippen molar-refractivity contribution in [3.05, 3.63) is 24.3 Å². The molecule has 2 saturated heterocycles. The van der Waals surface area contributed by atoms with E-state index in [1.165, 1.54) is 33.1 Å². The van der Waals surface area contributed by atoms with Gasteiger partial charge in [-0.1, -0.05) is 33.4 Å². The van der Waals surface area contributed by atoms with Crippen LogP contribution >= 0.6 is 0 Å². The predicted molar refractivity (Wildman–Crippen MR) is 165 cm³/mol. The molecular weight excluding hydrogens is 648 g/mol. The fraction of sp³-hybridized carbons (Fsp3) is 0.706. The van der Waals surface area contributed by atoms with Crippen LogP contribution in [0.5, 0.6) is 0 Å². The lowest BCUT2D eigenvalue weighted by atomic mass is 9.51. The first kappa shape index (κ1) is 38.0. The van der Waals surface area contributed by atoms with Crippen molar-refractivity contribution in [2.24, 2.45) is 23.2 Å². The molecule has 15 nitrogen and oxygen atoms in total. The molecule has 1 spiro atoms. The van der Waals surface area contributed by atoms with Crippen molar-refractivity contribution in [1.82, 2.24) is 0 Å². The molecule has 1 saturated carbocycles. The Morgan fingerprint density at radius 1 is 0.939 bits per heavy atom. The largest absolute Gasteiger partial charge is 0.459 e. The van der Waals surface area contributed by atoms with Crippen molar-refractivity contribution in [1.29, 1.82) is 0 Å². The summed E-state index contributed by atoms with van der Waals surface area (Å²) in [5.74, 6) is -7.92. The van der Waals surface area contributed by atoms with Gasteiger partial charge in [-0.15, -0.1) is 0 Å². The Morgan fingerprint density at radius 3 is 1.98 bits per heavy atom. The second kappa shape index (κ2) is 13.8. The number of esters is 6. The highest BCUT2D eigenvalue weighted by Crippen LogP contribution is 2.63. The topological polar surface area (TPSA) is 200 Å². The van der Waals surface area contributed by atoms with E-state index in [9.17, 15) is 33.9 Å². The van der Waals surface area contributed by atoms with E-state index in [0.29, 0.717) is 0 Å². The Hall–Kier alpha value is -3.82. The zero-order valence-corrected chi connectivity index (χ0v) is 29.2. The van der Waals surface area contributed by atoms with Gasteiger partial charge in [-0.05, 0) is 24.5 Å². The lowest BCUT2D eigenvalue weighted by Gasteiger charge is -2.59. The first-order valence-electron chi connectivity index (χ1n) is 16.1. The van der Waals surface area contributed by atoms with Crippen LogP contribution in [0.4, 0.5) is 0 Å². The molecule has 3 fully saturated rings. The van der Waals surface area contributed by atoms with Crippen LogP contribution < -0.4 is 0 Å². The van der Waals surface area contributed by atoms with Crippen LogP contribution in [0.2, 0.25) is 0 Å². The summed E-state index contributed by atoms with van der Waals surface area (Å²) < 4.78 is 47.2. The minimum absolute atomic E-state index is 0.0942. The lowest BCUT2D eigenvalue weighted by Crippen LogP contribution is -2.76. The van der Waals surface area contributed by atoms with Crippen LogP contribution in [0.1, 0.15) is 61.8 Å². The number of epoxide rings is 1. The lowest BCUT2D eigenvalue weighted by molar-refractivity contribution is -0.283. The molecule has 0 aromatic rings. The molecule has 4 rings (SSSR count). The molecule has 12 atom stereocenters. The summed E-state index contributed by atoms with van der Waals surface area (Å²) in [5, 5.41) is 12.9. The normalized spacial score (nSPS) is 40.3. The van der Waals surface area contributed by atoms with Gasteiger partial charge in [-0.25, -0.2) is 0 Å². The van der Waals surface area contributed by atoms with E-state index in [1.54, 1.807) is 13.8 Å². The molecule has 15 heteroatoms. The summed E-state index contributed by atoms with van der Waals surface area (Å²) in [4.78, 5) is 78.1. The number of carbonyl (C=O) groups excluding carboxylic acids is 6. The van der Waals surface area contributed by atoms with Gasteiger partial charge in [0, 0.05) is 47.1 Å². The van der Waals surface area contributed by atoms with Crippen molar-refractivity contribution in [2.45, 2.75) is 116 Å². The minimum Gasteiger partial charge on any atom is -0.459 e. The number of carbonyl (C=O) groups is 6. The Bertz CT molecular complexity index is 1410. The Labute approximate surface area is 284 Å². The quantitative estimate of drug-likeness (QED) is 0.218. The zero-order chi connectivity index (χ0) is 36.8. The van der Waals surface area contributed by atoms with E-state index in [-0.39, 0.29) is 24.5 Å². The first-order valence-corrected chi connectivity index (χ1v) is 16.1. The number of aliphatic hydroxyl groups is 1. The highest BCUT2D eigenvalue weighted by molar-refractivity contribution is 5.78. The first-order chi connectivity index (χ1) is 22.7. The molecule has 0 aromatic heterocycles. The van der Waals surface area contributed by atoms with Gasteiger partial charge in [0.1, 0.15) is 23.9 Å². The Balaban J connectivity index is 2.18. The van der Waals surface area contributed by atoms with E-state index in [4.69, 9.17) is 37.9 Å². The monoisotopic (exact) mass is 694 g/mol. The number of fused-ring (bicyclic) bond motifs is 3. The van der Waals surface area contributed by atoms with Crippen LogP contribution in [0.25, 0.3) is 0 Å². The van der Waals surface area contributed by atoms with E-state index in [1.807, 2.05) is 0 Å². The van der Waals surface area contributed by atoms with E-state index in [2.05, 4.69) is 6.58 Å². The molecule has 1 N–H and O–H groups in total. The van der Waals surface area contributed by atoms with Gasteiger partial charge in [0.05, 0.1) is 17.9 Å². The average Bonchev–Trinajstić information content (AvgIpc) is 3.73. The number of methoxy groups -OCH3 is 1. The molecule has 49 heavy (non-hydrogen) atoms. The molecule has 2 heterocycles. The number of hydrogen-bond donors (Lipinski definition) is 1. The third kappa shape index (κ3) is 6.72. The third-order valence-corrected chi connectivity index (χ3v) is 9.88. The summed E-state index contributed by atoms with van der Waals surface area (Å²) >= 11 is 0. The maximum Gasteiger partial charge on any atom is 0.312 e. The molecule has 0 bridgehead atoms. The molecule has 0 aromatic carbocycles. The highest BCUT2D eigenvalue weighted by Gasteiger charge is 2.81. The molecule has 1 unspecified atom stereocenters. The molecule has 272 valence electrons. The number of hydrogen-bond acceptors (Lipinski definition) is 15.